The van der Waals surface area contributed by atoms with Crippen molar-refractivity contribution >= 4 is 0 Å². The van der Waals surface area contributed by atoms with E-state index in [-0.39, 0.29) is 11.6 Å². The van der Waals surface area contributed by atoms with Crippen molar-refractivity contribution in [2.75, 3.05) is 26.8 Å². The van der Waals surface area contributed by atoms with Crippen LogP contribution in [0.4, 0.5) is 0 Å². The van der Waals surface area contributed by atoms with E-state index in [1.54, 1.807) is 7.11 Å². The highest BCUT2D eigenvalue weighted by Crippen LogP contribution is 2.39. The van der Waals surface area contributed by atoms with Gasteiger partial charge in [-0.1, -0.05) is 18.2 Å². The number of benzene rings is 1. The molecule has 0 radical (unpaired) electrons. The van der Waals surface area contributed by atoms with E-state index in [9.17, 15) is 0 Å². The van der Waals surface area contributed by atoms with Crippen molar-refractivity contribution in [2.45, 2.75) is 31.9 Å². The second-order valence-electron chi connectivity index (χ2n) is 5.61. The topological polar surface area (TPSA) is 56.5 Å². The van der Waals surface area contributed by atoms with E-state index in [0.717, 1.165) is 24.3 Å². The molecule has 0 fully saturated rings. The molecule has 106 valence electrons. The van der Waals surface area contributed by atoms with Crippen LogP contribution in [0, 0.1) is 0 Å². The molecule has 4 nitrogen and oxygen atoms in total. The van der Waals surface area contributed by atoms with Gasteiger partial charge in [-0.3, -0.25) is 0 Å². The van der Waals surface area contributed by atoms with Gasteiger partial charge in [0.1, 0.15) is 11.4 Å². The van der Waals surface area contributed by atoms with Gasteiger partial charge in [-0.15, -0.1) is 0 Å². The van der Waals surface area contributed by atoms with Gasteiger partial charge in [0.05, 0.1) is 6.61 Å². The number of rotatable bonds is 6. The van der Waals surface area contributed by atoms with E-state index >= 15 is 0 Å². The van der Waals surface area contributed by atoms with Crippen LogP contribution in [0.2, 0.25) is 0 Å². The van der Waals surface area contributed by atoms with Gasteiger partial charge in [-0.05, 0) is 19.4 Å². The second-order valence-corrected chi connectivity index (χ2v) is 5.61. The number of methoxy groups -OCH3 is 1. The van der Waals surface area contributed by atoms with Crippen LogP contribution in [-0.4, -0.2) is 32.4 Å². The third-order valence-electron chi connectivity index (χ3n) is 3.43. The lowest BCUT2D eigenvalue weighted by molar-refractivity contribution is 0.136. The van der Waals surface area contributed by atoms with Gasteiger partial charge < -0.3 is 20.5 Å². The molecule has 4 heteroatoms. The lowest BCUT2D eigenvalue weighted by Crippen LogP contribution is -2.31. The molecule has 1 unspecified atom stereocenters. The molecule has 0 aromatic heterocycles. The summed E-state index contributed by atoms with van der Waals surface area (Å²) in [5.41, 5.74) is 8.20. The van der Waals surface area contributed by atoms with Gasteiger partial charge in [0.2, 0.25) is 0 Å². The molecule has 1 aromatic carbocycles. The van der Waals surface area contributed by atoms with E-state index in [0.29, 0.717) is 13.2 Å². The molecule has 0 saturated carbocycles. The Kier molecular flexibility index (Phi) is 4.45. The summed E-state index contributed by atoms with van der Waals surface area (Å²) in [5.74, 6) is 1.01. The Morgan fingerprint density at radius 2 is 2.26 bits per heavy atom. The maximum atomic E-state index is 6.09. The normalized spacial score (nSPS) is 17.9. The Bertz CT molecular complexity index is 432. The number of ether oxygens (including phenoxy) is 2. The molecular formula is C15H24N2O2. The molecule has 0 spiro atoms. The van der Waals surface area contributed by atoms with Gasteiger partial charge >= 0.3 is 0 Å². The standard InChI is InChI=1S/C15H24N2O2/c1-15(2)9-11-5-4-6-12(14(11)19-15)13(10-16)17-7-8-18-3/h4-6,13,17H,7-10,16H2,1-3H3. The molecular weight excluding hydrogens is 240 g/mol. The van der Waals surface area contributed by atoms with Crippen molar-refractivity contribution in [3.8, 4) is 5.75 Å². The van der Waals surface area contributed by atoms with Crippen LogP contribution < -0.4 is 15.8 Å². The van der Waals surface area contributed by atoms with Crippen LogP contribution in [0.1, 0.15) is 31.0 Å². The fourth-order valence-electron chi connectivity index (χ4n) is 2.57. The van der Waals surface area contributed by atoms with Crippen molar-refractivity contribution in [1.82, 2.24) is 5.32 Å². The number of fused-ring (bicyclic) bond motifs is 1. The molecule has 1 aliphatic heterocycles. The highest BCUT2D eigenvalue weighted by atomic mass is 16.5. The molecule has 2 rings (SSSR count). The van der Waals surface area contributed by atoms with E-state index < -0.39 is 0 Å². The van der Waals surface area contributed by atoms with E-state index in [1.165, 1.54) is 5.56 Å². The molecule has 0 saturated heterocycles. The van der Waals surface area contributed by atoms with Crippen molar-refractivity contribution in [2.24, 2.45) is 5.73 Å². The Morgan fingerprint density at radius 3 is 2.95 bits per heavy atom. The number of nitrogens with two attached hydrogens (primary N) is 1. The Morgan fingerprint density at radius 1 is 1.47 bits per heavy atom. The lowest BCUT2D eigenvalue weighted by Gasteiger charge is -2.22. The zero-order valence-electron chi connectivity index (χ0n) is 12.0. The molecule has 1 aromatic rings. The second kappa shape index (κ2) is 5.90. The number of nitrogens with one attached hydrogen (secondary N) is 1. The van der Waals surface area contributed by atoms with Crippen molar-refractivity contribution in [3.63, 3.8) is 0 Å². The van der Waals surface area contributed by atoms with Gasteiger partial charge in [0.25, 0.3) is 0 Å². The van der Waals surface area contributed by atoms with Gasteiger partial charge in [0.15, 0.2) is 0 Å². The molecule has 0 aliphatic carbocycles. The van der Waals surface area contributed by atoms with Crippen LogP contribution >= 0.6 is 0 Å². The Labute approximate surface area is 115 Å². The van der Waals surface area contributed by atoms with E-state index in [4.69, 9.17) is 15.2 Å². The molecule has 19 heavy (non-hydrogen) atoms. The highest BCUT2D eigenvalue weighted by Gasteiger charge is 2.32. The predicted molar refractivity (Wildman–Crippen MR) is 76.5 cm³/mol. The van der Waals surface area contributed by atoms with Crippen LogP contribution in [0.25, 0.3) is 0 Å². The zero-order chi connectivity index (χ0) is 13.9. The minimum absolute atomic E-state index is 0.110. The summed E-state index contributed by atoms with van der Waals surface area (Å²) < 4.78 is 11.2. The van der Waals surface area contributed by atoms with Crippen molar-refractivity contribution in [1.29, 1.82) is 0 Å². The minimum Gasteiger partial charge on any atom is -0.487 e. The van der Waals surface area contributed by atoms with E-state index in [1.807, 2.05) is 0 Å². The maximum absolute atomic E-state index is 6.09. The third kappa shape index (κ3) is 3.26. The van der Waals surface area contributed by atoms with Gasteiger partial charge in [-0.25, -0.2) is 0 Å². The van der Waals surface area contributed by atoms with Gasteiger partial charge in [-0.2, -0.15) is 0 Å². The molecule has 3 N–H and O–H groups in total. The summed E-state index contributed by atoms with van der Waals surface area (Å²) in [6.45, 7) is 6.24. The average molecular weight is 264 g/mol. The minimum atomic E-state index is -0.121. The fraction of sp³-hybridized carbons (Fsp3) is 0.600. The molecule has 0 bridgehead atoms. The first-order valence-electron chi connectivity index (χ1n) is 6.80. The summed E-state index contributed by atoms with van der Waals surface area (Å²) in [6, 6.07) is 6.42. The Hall–Kier alpha value is -1.10. The monoisotopic (exact) mass is 264 g/mol. The number of hydrogen-bond donors (Lipinski definition) is 2. The van der Waals surface area contributed by atoms with Crippen molar-refractivity contribution < 1.29 is 9.47 Å². The summed E-state index contributed by atoms with van der Waals surface area (Å²) >= 11 is 0. The van der Waals surface area contributed by atoms with Crippen LogP contribution in [-0.2, 0) is 11.2 Å². The smallest absolute Gasteiger partial charge is 0.128 e. The van der Waals surface area contributed by atoms with Crippen LogP contribution in [0.15, 0.2) is 18.2 Å². The van der Waals surface area contributed by atoms with E-state index in [2.05, 4.69) is 37.4 Å². The number of hydrogen-bond acceptors (Lipinski definition) is 4. The predicted octanol–water partition coefficient (Wildman–Crippen LogP) is 1.64. The molecule has 0 amide bonds. The first-order chi connectivity index (χ1) is 9.07. The van der Waals surface area contributed by atoms with Gasteiger partial charge in [0, 0.05) is 38.2 Å². The zero-order valence-corrected chi connectivity index (χ0v) is 12.0. The number of para-hydroxylation sites is 1. The summed E-state index contributed by atoms with van der Waals surface area (Å²) in [4.78, 5) is 0. The lowest BCUT2D eigenvalue weighted by atomic mass is 9.98. The SMILES string of the molecule is COCCNC(CN)c1cccc2c1OC(C)(C)C2. The summed E-state index contributed by atoms with van der Waals surface area (Å²) in [7, 11) is 1.70. The maximum Gasteiger partial charge on any atom is 0.128 e. The average Bonchev–Trinajstić information content (AvgIpc) is 2.69. The fourth-order valence-corrected chi connectivity index (χ4v) is 2.57. The Balaban J connectivity index is 2.18. The summed E-state index contributed by atoms with van der Waals surface area (Å²) in [6.07, 6.45) is 0.950. The summed E-state index contributed by atoms with van der Waals surface area (Å²) in [5, 5.41) is 3.41. The molecule has 1 aliphatic rings. The van der Waals surface area contributed by atoms with Crippen LogP contribution in [0.5, 0.6) is 5.75 Å². The highest BCUT2D eigenvalue weighted by molar-refractivity contribution is 5.47. The first kappa shape index (κ1) is 14.3. The first-order valence-corrected chi connectivity index (χ1v) is 6.80. The van der Waals surface area contributed by atoms with Crippen molar-refractivity contribution in [3.05, 3.63) is 29.3 Å². The molecule has 1 atom stereocenters. The quantitative estimate of drug-likeness (QED) is 0.767. The molecule has 1 heterocycles. The largest absolute Gasteiger partial charge is 0.487 e. The third-order valence-corrected chi connectivity index (χ3v) is 3.43. The van der Waals surface area contributed by atoms with Crippen LogP contribution in [0.3, 0.4) is 0 Å².